The molecule has 0 amide bonds. The van der Waals surface area contributed by atoms with Crippen LogP contribution in [0.5, 0.6) is 0 Å². The van der Waals surface area contributed by atoms with Crippen LogP contribution in [-0.2, 0) is 4.74 Å². The summed E-state index contributed by atoms with van der Waals surface area (Å²) in [6.07, 6.45) is -0.333. The van der Waals surface area contributed by atoms with Crippen molar-refractivity contribution in [2.24, 2.45) is 0 Å². The Morgan fingerprint density at radius 2 is 2.00 bits per heavy atom. The van der Waals surface area contributed by atoms with Gasteiger partial charge in [0.15, 0.2) is 0 Å². The molecule has 0 heterocycles. The Morgan fingerprint density at radius 3 is 2.27 bits per heavy atom. The zero-order valence-electron chi connectivity index (χ0n) is 10.1. The van der Waals surface area contributed by atoms with E-state index in [1.54, 1.807) is 0 Å². The topological polar surface area (TPSA) is 41.5 Å². The molecule has 0 aromatic heterocycles. The molecule has 0 aliphatic heterocycles. The molecule has 0 radical (unpaired) electrons. The number of ether oxygens (including phenoxy) is 1. The molecule has 0 aliphatic carbocycles. The van der Waals surface area contributed by atoms with E-state index in [0.717, 1.165) is 18.7 Å². The Bertz CT molecular complexity index is 141. The molecule has 1 unspecified atom stereocenters. The van der Waals surface area contributed by atoms with Crippen LogP contribution in [0.1, 0.15) is 20.8 Å². The minimum atomic E-state index is -0.333. The molecule has 0 aliphatic rings. The standard InChI is InChI=1S/C7H13IO2.C4H11N/c1-6(2)4-10-5-7(9)3-8;1-3-5-4-2/h7,9H,1,3-5H2,2H3;5H,3-4H2,1-2H3. The molecule has 15 heavy (non-hydrogen) atoms. The summed E-state index contributed by atoms with van der Waals surface area (Å²) in [4.78, 5) is 0. The SMILES string of the molecule is C=C(C)COCC(O)CI.CCNCC. The van der Waals surface area contributed by atoms with Crippen molar-refractivity contribution in [3.63, 3.8) is 0 Å². The lowest BCUT2D eigenvalue weighted by Crippen LogP contribution is -2.16. The van der Waals surface area contributed by atoms with Crippen molar-refractivity contribution in [1.29, 1.82) is 0 Å². The van der Waals surface area contributed by atoms with Gasteiger partial charge in [-0.25, -0.2) is 0 Å². The number of alkyl halides is 1. The molecule has 0 fully saturated rings. The van der Waals surface area contributed by atoms with Gasteiger partial charge < -0.3 is 15.2 Å². The fraction of sp³-hybridized carbons (Fsp3) is 0.818. The molecule has 0 aromatic carbocycles. The minimum absolute atomic E-state index is 0.333. The highest BCUT2D eigenvalue weighted by Gasteiger charge is 1.99. The first kappa shape index (κ1) is 17.7. The van der Waals surface area contributed by atoms with Crippen molar-refractivity contribution in [2.45, 2.75) is 26.9 Å². The smallest absolute Gasteiger partial charge is 0.0862 e. The highest BCUT2D eigenvalue weighted by Crippen LogP contribution is 1.94. The lowest BCUT2D eigenvalue weighted by atomic mass is 10.4. The molecule has 92 valence electrons. The molecule has 0 aromatic rings. The average molecular weight is 329 g/mol. The molecular weight excluding hydrogens is 305 g/mol. The van der Waals surface area contributed by atoms with Gasteiger partial charge in [-0.05, 0) is 20.0 Å². The first-order chi connectivity index (χ1) is 7.08. The second-order valence-corrected chi connectivity index (χ2v) is 4.12. The predicted octanol–water partition coefficient (Wildman–Crippen LogP) is 1.99. The molecule has 0 bridgehead atoms. The molecule has 0 saturated heterocycles. The Morgan fingerprint density at radius 1 is 1.47 bits per heavy atom. The van der Waals surface area contributed by atoms with Crippen LogP contribution in [0.4, 0.5) is 0 Å². The maximum atomic E-state index is 9.01. The number of aliphatic hydroxyl groups is 1. The van der Waals surface area contributed by atoms with Crippen LogP contribution in [0.15, 0.2) is 12.2 Å². The first-order valence-corrected chi connectivity index (χ1v) is 6.77. The van der Waals surface area contributed by atoms with Crippen molar-refractivity contribution in [1.82, 2.24) is 5.32 Å². The number of rotatable bonds is 7. The van der Waals surface area contributed by atoms with E-state index in [1.165, 1.54) is 0 Å². The summed E-state index contributed by atoms with van der Waals surface area (Å²) < 4.78 is 5.81. The highest BCUT2D eigenvalue weighted by molar-refractivity contribution is 14.1. The van der Waals surface area contributed by atoms with Crippen molar-refractivity contribution >= 4 is 22.6 Å². The van der Waals surface area contributed by atoms with Crippen LogP contribution in [0.3, 0.4) is 0 Å². The van der Waals surface area contributed by atoms with Crippen LogP contribution in [0, 0.1) is 0 Å². The van der Waals surface area contributed by atoms with E-state index in [4.69, 9.17) is 9.84 Å². The van der Waals surface area contributed by atoms with E-state index < -0.39 is 0 Å². The molecule has 2 N–H and O–H groups in total. The van der Waals surface area contributed by atoms with Gasteiger partial charge in [0.25, 0.3) is 0 Å². The summed E-state index contributed by atoms with van der Waals surface area (Å²) in [5.74, 6) is 0. The Balaban J connectivity index is 0. The second kappa shape index (κ2) is 14.3. The van der Waals surface area contributed by atoms with Crippen molar-refractivity contribution in [2.75, 3.05) is 30.7 Å². The summed E-state index contributed by atoms with van der Waals surface area (Å²) in [6.45, 7) is 12.9. The quantitative estimate of drug-likeness (QED) is 0.426. The van der Waals surface area contributed by atoms with Gasteiger partial charge in [-0.15, -0.1) is 0 Å². The van der Waals surface area contributed by atoms with E-state index in [1.807, 2.05) is 6.92 Å². The maximum Gasteiger partial charge on any atom is 0.0862 e. The summed E-state index contributed by atoms with van der Waals surface area (Å²) in [6, 6.07) is 0. The Hall–Kier alpha value is 0.350. The summed E-state index contributed by atoms with van der Waals surface area (Å²) in [5.41, 5.74) is 0.987. The zero-order chi connectivity index (χ0) is 12.1. The monoisotopic (exact) mass is 329 g/mol. The molecule has 0 rings (SSSR count). The second-order valence-electron chi connectivity index (χ2n) is 3.24. The zero-order valence-corrected chi connectivity index (χ0v) is 12.2. The van der Waals surface area contributed by atoms with Crippen LogP contribution >= 0.6 is 22.6 Å². The van der Waals surface area contributed by atoms with Crippen LogP contribution in [0.25, 0.3) is 0 Å². The third kappa shape index (κ3) is 20.4. The third-order valence-electron chi connectivity index (χ3n) is 1.34. The van der Waals surface area contributed by atoms with Gasteiger partial charge in [0.2, 0.25) is 0 Å². The van der Waals surface area contributed by atoms with Gasteiger partial charge in [0.05, 0.1) is 19.3 Å². The molecule has 1 atom stereocenters. The van der Waals surface area contributed by atoms with Crippen molar-refractivity contribution in [3.05, 3.63) is 12.2 Å². The normalized spacial score (nSPS) is 11.5. The van der Waals surface area contributed by atoms with E-state index >= 15 is 0 Å². The van der Waals surface area contributed by atoms with E-state index in [0.29, 0.717) is 17.6 Å². The van der Waals surface area contributed by atoms with Gasteiger partial charge >= 0.3 is 0 Å². The number of halogens is 1. The largest absolute Gasteiger partial charge is 0.390 e. The Labute approximate surface area is 107 Å². The predicted molar refractivity (Wildman–Crippen MR) is 74.7 cm³/mol. The summed E-state index contributed by atoms with van der Waals surface area (Å²) in [5, 5.41) is 12.1. The van der Waals surface area contributed by atoms with Crippen molar-refractivity contribution in [3.8, 4) is 0 Å². The van der Waals surface area contributed by atoms with E-state index in [9.17, 15) is 0 Å². The van der Waals surface area contributed by atoms with E-state index in [-0.39, 0.29) is 6.10 Å². The lowest BCUT2D eigenvalue weighted by molar-refractivity contribution is 0.0612. The number of aliphatic hydroxyl groups excluding tert-OH is 1. The minimum Gasteiger partial charge on any atom is -0.390 e. The summed E-state index contributed by atoms with van der Waals surface area (Å²) in [7, 11) is 0. The van der Waals surface area contributed by atoms with Gasteiger partial charge in [-0.1, -0.05) is 48.6 Å². The molecule has 3 nitrogen and oxygen atoms in total. The molecule has 0 saturated carbocycles. The van der Waals surface area contributed by atoms with Crippen LogP contribution in [-0.4, -0.2) is 41.9 Å². The van der Waals surface area contributed by atoms with Gasteiger partial charge in [-0.2, -0.15) is 0 Å². The average Bonchev–Trinajstić information content (AvgIpc) is 2.19. The first-order valence-electron chi connectivity index (χ1n) is 5.25. The van der Waals surface area contributed by atoms with Crippen LogP contribution in [0.2, 0.25) is 0 Å². The highest BCUT2D eigenvalue weighted by atomic mass is 127. The fourth-order valence-corrected chi connectivity index (χ4v) is 0.918. The van der Waals surface area contributed by atoms with Gasteiger partial charge in [0.1, 0.15) is 0 Å². The lowest BCUT2D eigenvalue weighted by Gasteiger charge is -2.06. The fourth-order valence-electron chi connectivity index (χ4n) is 0.664. The number of hydrogen-bond donors (Lipinski definition) is 2. The summed E-state index contributed by atoms with van der Waals surface area (Å²) >= 11 is 2.12. The Kier molecular flexibility index (Phi) is 17.0. The van der Waals surface area contributed by atoms with Crippen molar-refractivity contribution < 1.29 is 9.84 Å². The number of hydrogen-bond acceptors (Lipinski definition) is 3. The van der Waals surface area contributed by atoms with Gasteiger partial charge in [0, 0.05) is 4.43 Å². The molecule has 0 spiro atoms. The van der Waals surface area contributed by atoms with Gasteiger partial charge in [-0.3, -0.25) is 0 Å². The van der Waals surface area contributed by atoms with E-state index in [2.05, 4.69) is 48.3 Å². The molecule has 4 heteroatoms. The van der Waals surface area contributed by atoms with Crippen LogP contribution < -0.4 is 5.32 Å². The third-order valence-corrected chi connectivity index (χ3v) is 2.35. The number of nitrogens with one attached hydrogen (secondary N) is 1. The maximum absolute atomic E-state index is 9.01. The molecular formula is C11H24INO2.